The summed E-state index contributed by atoms with van der Waals surface area (Å²) in [4.78, 5) is 14.7. The number of allylic oxidation sites excluding steroid dienone is 1. The molecule has 1 aliphatic heterocycles. The molecule has 4 nitrogen and oxygen atoms in total. The van der Waals surface area contributed by atoms with E-state index in [2.05, 4.69) is 37.1 Å². The van der Waals surface area contributed by atoms with Crippen molar-refractivity contribution < 1.29 is 4.79 Å². The van der Waals surface area contributed by atoms with E-state index in [0.717, 1.165) is 22.4 Å². The zero-order valence-corrected chi connectivity index (χ0v) is 18.1. The smallest absolute Gasteiger partial charge is 0.266 e. The van der Waals surface area contributed by atoms with Crippen molar-refractivity contribution in [3.05, 3.63) is 69.8 Å². The van der Waals surface area contributed by atoms with Gasteiger partial charge in [0.05, 0.1) is 5.54 Å². The molecule has 0 radical (unpaired) electrons. The number of benzene rings is 2. The van der Waals surface area contributed by atoms with Gasteiger partial charge in [0.2, 0.25) is 0 Å². The summed E-state index contributed by atoms with van der Waals surface area (Å²) in [6.45, 7) is 8.32. The molecule has 0 unspecified atom stereocenters. The quantitative estimate of drug-likeness (QED) is 0.516. The SMILES string of the molecule is CC1=CC(C)(C)N(C)c2cc(Cl)c(/C=C(/C#N)C(=O)Nc3ccc(C)cc3)cc21. The van der Waals surface area contributed by atoms with Gasteiger partial charge in [-0.15, -0.1) is 0 Å². The Labute approximate surface area is 177 Å². The van der Waals surface area contributed by atoms with E-state index in [1.165, 1.54) is 0 Å². The van der Waals surface area contributed by atoms with Gasteiger partial charge in [0.1, 0.15) is 11.6 Å². The number of amides is 1. The molecule has 5 heteroatoms. The van der Waals surface area contributed by atoms with Crippen molar-refractivity contribution in [1.82, 2.24) is 0 Å². The Morgan fingerprint density at radius 1 is 1.21 bits per heavy atom. The number of nitriles is 1. The number of anilines is 2. The van der Waals surface area contributed by atoms with Crippen LogP contribution in [0.2, 0.25) is 5.02 Å². The number of carbonyl (C=O) groups excluding carboxylic acids is 1. The third kappa shape index (κ3) is 4.21. The summed E-state index contributed by atoms with van der Waals surface area (Å²) in [5, 5.41) is 12.8. The lowest BCUT2D eigenvalue weighted by atomic mass is 9.88. The molecular weight excluding hydrogens is 382 g/mol. The first kappa shape index (κ1) is 20.7. The monoisotopic (exact) mass is 405 g/mol. The van der Waals surface area contributed by atoms with Gasteiger partial charge in [0.15, 0.2) is 0 Å². The van der Waals surface area contributed by atoms with Crippen molar-refractivity contribution in [2.45, 2.75) is 33.2 Å². The molecule has 0 atom stereocenters. The molecule has 1 amide bonds. The lowest BCUT2D eigenvalue weighted by molar-refractivity contribution is -0.112. The second-order valence-electron chi connectivity index (χ2n) is 7.92. The van der Waals surface area contributed by atoms with E-state index in [1.807, 2.05) is 44.3 Å². The molecule has 29 heavy (non-hydrogen) atoms. The summed E-state index contributed by atoms with van der Waals surface area (Å²) in [6, 6.07) is 13.2. The molecule has 0 fully saturated rings. The third-order valence-electron chi connectivity index (χ3n) is 5.31. The first-order valence-corrected chi connectivity index (χ1v) is 9.77. The fourth-order valence-electron chi connectivity index (χ4n) is 3.44. The number of fused-ring (bicyclic) bond motifs is 1. The highest BCUT2D eigenvalue weighted by atomic mass is 35.5. The Balaban J connectivity index is 1.96. The van der Waals surface area contributed by atoms with Crippen molar-refractivity contribution >= 4 is 40.5 Å². The van der Waals surface area contributed by atoms with Crippen LogP contribution in [-0.4, -0.2) is 18.5 Å². The lowest BCUT2D eigenvalue weighted by Gasteiger charge is -2.40. The molecule has 1 heterocycles. The Hall–Kier alpha value is -3.03. The van der Waals surface area contributed by atoms with Gasteiger partial charge >= 0.3 is 0 Å². The molecule has 0 aromatic heterocycles. The van der Waals surface area contributed by atoms with Crippen LogP contribution >= 0.6 is 11.6 Å². The largest absolute Gasteiger partial charge is 0.365 e. The van der Waals surface area contributed by atoms with E-state index in [9.17, 15) is 10.1 Å². The Morgan fingerprint density at radius 3 is 2.48 bits per heavy atom. The minimum atomic E-state index is -0.462. The average molecular weight is 406 g/mol. The Bertz CT molecular complexity index is 1070. The lowest BCUT2D eigenvalue weighted by Crippen LogP contribution is -2.42. The molecule has 1 aliphatic rings. The van der Waals surface area contributed by atoms with E-state index in [1.54, 1.807) is 18.2 Å². The van der Waals surface area contributed by atoms with Crippen molar-refractivity contribution in [3.63, 3.8) is 0 Å². The highest BCUT2D eigenvalue weighted by Crippen LogP contribution is 2.40. The minimum Gasteiger partial charge on any atom is -0.365 e. The Kier molecular flexibility index (Phi) is 5.55. The maximum absolute atomic E-state index is 12.6. The van der Waals surface area contributed by atoms with Gasteiger partial charge in [-0.3, -0.25) is 4.79 Å². The first-order valence-electron chi connectivity index (χ1n) is 9.39. The number of rotatable bonds is 3. The van der Waals surface area contributed by atoms with E-state index in [-0.39, 0.29) is 11.1 Å². The van der Waals surface area contributed by atoms with Crippen LogP contribution in [0, 0.1) is 18.3 Å². The number of nitrogens with one attached hydrogen (secondary N) is 1. The zero-order valence-electron chi connectivity index (χ0n) is 17.3. The highest BCUT2D eigenvalue weighted by molar-refractivity contribution is 6.32. The normalized spacial score (nSPS) is 15.3. The molecule has 148 valence electrons. The molecule has 0 spiro atoms. The Morgan fingerprint density at radius 2 is 1.86 bits per heavy atom. The number of nitrogens with zero attached hydrogens (tertiary/aromatic N) is 2. The molecule has 0 saturated heterocycles. The molecule has 0 aliphatic carbocycles. The van der Waals surface area contributed by atoms with Gasteiger partial charge in [-0.05, 0) is 69.2 Å². The summed E-state index contributed by atoms with van der Waals surface area (Å²) in [7, 11) is 2.03. The van der Waals surface area contributed by atoms with Crippen molar-refractivity contribution in [2.75, 3.05) is 17.3 Å². The number of halogens is 1. The molecule has 0 bridgehead atoms. The third-order valence-corrected chi connectivity index (χ3v) is 5.64. The van der Waals surface area contributed by atoms with E-state index in [0.29, 0.717) is 16.3 Å². The molecule has 1 N–H and O–H groups in total. The number of carbonyl (C=O) groups is 1. The summed E-state index contributed by atoms with van der Waals surface area (Å²) < 4.78 is 0. The van der Waals surface area contributed by atoms with Crippen LogP contribution < -0.4 is 10.2 Å². The van der Waals surface area contributed by atoms with Crippen LogP contribution in [0.5, 0.6) is 0 Å². The topological polar surface area (TPSA) is 56.1 Å². The van der Waals surface area contributed by atoms with Gasteiger partial charge in [-0.1, -0.05) is 35.4 Å². The average Bonchev–Trinajstić information content (AvgIpc) is 2.66. The van der Waals surface area contributed by atoms with Crippen LogP contribution in [-0.2, 0) is 4.79 Å². The van der Waals surface area contributed by atoms with Crippen molar-refractivity contribution in [3.8, 4) is 6.07 Å². The number of aryl methyl sites for hydroxylation is 1. The maximum Gasteiger partial charge on any atom is 0.266 e. The molecule has 0 saturated carbocycles. The predicted molar refractivity (Wildman–Crippen MR) is 121 cm³/mol. The second-order valence-corrected chi connectivity index (χ2v) is 8.33. The van der Waals surface area contributed by atoms with Gasteiger partial charge in [-0.25, -0.2) is 0 Å². The molecule has 2 aromatic rings. The van der Waals surface area contributed by atoms with E-state index in [4.69, 9.17) is 11.6 Å². The number of hydrogen-bond donors (Lipinski definition) is 1. The molecule has 2 aromatic carbocycles. The number of likely N-dealkylation sites (N-methyl/N-ethyl adjacent to an activating group) is 1. The standard InChI is InChI=1S/C24H24ClN3O/c1-15-6-8-19(9-7-15)27-23(29)18(14-26)10-17-11-20-16(2)13-24(3,4)28(5)22(20)12-21(17)25/h6-13H,1-5H3,(H,27,29)/b18-10-. The van der Waals surface area contributed by atoms with Gasteiger partial charge in [0, 0.05) is 29.0 Å². The van der Waals surface area contributed by atoms with Gasteiger partial charge in [-0.2, -0.15) is 5.26 Å². The first-order chi connectivity index (χ1) is 13.6. The summed E-state index contributed by atoms with van der Waals surface area (Å²) >= 11 is 6.52. The van der Waals surface area contributed by atoms with Crippen molar-refractivity contribution in [1.29, 1.82) is 5.26 Å². The zero-order chi connectivity index (χ0) is 21.3. The predicted octanol–water partition coefficient (Wildman–Crippen LogP) is 5.83. The van der Waals surface area contributed by atoms with Crippen molar-refractivity contribution in [2.24, 2.45) is 0 Å². The minimum absolute atomic E-state index is 0.00134. The molecular formula is C24H24ClN3O. The van der Waals surface area contributed by atoms with Crippen LogP contribution in [0.3, 0.4) is 0 Å². The van der Waals surface area contributed by atoms with Gasteiger partial charge < -0.3 is 10.2 Å². The van der Waals surface area contributed by atoms with Crippen LogP contribution in [0.25, 0.3) is 11.6 Å². The van der Waals surface area contributed by atoms with Crippen LogP contribution in [0.15, 0.2) is 48.0 Å². The maximum atomic E-state index is 12.6. The number of hydrogen-bond acceptors (Lipinski definition) is 3. The molecule has 3 rings (SSSR count). The fourth-order valence-corrected chi connectivity index (χ4v) is 3.65. The van der Waals surface area contributed by atoms with Crippen LogP contribution in [0.4, 0.5) is 11.4 Å². The summed E-state index contributed by atoms with van der Waals surface area (Å²) in [5.41, 5.74) is 5.46. The van der Waals surface area contributed by atoms with E-state index >= 15 is 0 Å². The summed E-state index contributed by atoms with van der Waals surface area (Å²) in [6.07, 6.45) is 3.74. The highest BCUT2D eigenvalue weighted by Gasteiger charge is 2.29. The van der Waals surface area contributed by atoms with Gasteiger partial charge in [0.25, 0.3) is 5.91 Å². The fraction of sp³-hybridized carbons (Fsp3) is 0.250. The van der Waals surface area contributed by atoms with E-state index < -0.39 is 5.91 Å². The second kappa shape index (κ2) is 7.77. The van der Waals surface area contributed by atoms with Crippen LogP contribution in [0.1, 0.15) is 37.5 Å². The summed E-state index contributed by atoms with van der Waals surface area (Å²) in [5.74, 6) is -0.462.